The van der Waals surface area contributed by atoms with E-state index in [1.54, 1.807) is 25.1 Å². The molecular formula is C30H20O8. The van der Waals surface area contributed by atoms with Crippen LogP contribution in [0.15, 0.2) is 61.7 Å². The zero-order valence-corrected chi connectivity index (χ0v) is 20.5. The lowest BCUT2D eigenvalue weighted by Gasteiger charge is -2.28. The Bertz CT molecular complexity index is 2200. The van der Waals surface area contributed by atoms with Gasteiger partial charge in [-0.3, -0.25) is 19.2 Å². The highest BCUT2D eigenvalue weighted by Gasteiger charge is 2.27. The SMILES string of the molecule is Cc1cc(-c2c(O)c3c(=O)ccc(=O)c=3c(=O)c2=O)c2c(O)c3cc4c(cc3c(O)c2c1)C=CC(C)(C)O4. The third kappa shape index (κ3) is 3.10. The summed E-state index contributed by atoms with van der Waals surface area (Å²) < 4.78 is 6.02. The van der Waals surface area contributed by atoms with Crippen molar-refractivity contribution in [1.29, 1.82) is 0 Å². The first-order valence-corrected chi connectivity index (χ1v) is 11.8. The van der Waals surface area contributed by atoms with Gasteiger partial charge in [-0.25, -0.2) is 0 Å². The fourth-order valence-corrected chi connectivity index (χ4v) is 5.25. The van der Waals surface area contributed by atoms with Gasteiger partial charge in [0.05, 0.1) is 16.0 Å². The van der Waals surface area contributed by atoms with Crippen LogP contribution in [0, 0.1) is 17.4 Å². The third-order valence-electron chi connectivity index (χ3n) is 7.00. The van der Waals surface area contributed by atoms with Gasteiger partial charge in [0.25, 0.3) is 0 Å². The number of hydrogen-bond donors (Lipinski definition) is 3. The van der Waals surface area contributed by atoms with E-state index < -0.39 is 49.1 Å². The zero-order valence-electron chi connectivity index (χ0n) is 20.5. The summed E-state index contributed by atoms with van der Waals surface area (Å²) in [4.78, 5) is 51.1. The van der Waals surface area contributed by atoms with Crippen molar-refractivity contribution in [1.82, 2.24) is 0 Å². The molecule has 0 aromatic heterocycles. The molecule has 0 spiro atoms. The molecule has 3 aromatic rings. The minimum Gasteiger partial charge on any atom is -0.507 e. The number of ether oxygens (including phenoxy) is 1. The lowest BCUT2D eigenvalue weighted by Crippen LogP contribution is -2.32. The van der Waals surface area contributed by atoms with E-state index in [1.807, 2.05) is 26.0 Å². The zero-order chi connectivity index (χ0) is 27.3. The van der Waals surface area contributed by atoms with Crippen molar-refractivity contribution in [2.24, 2.45) is 0 Å². The molecule has 8 nitrogen and oxygen atoms in total. The number of aryl methyl sites for hydroxylation is 1. The first-order valence-electron chi connectivity index (χ1n) is 11.8. The molecule has 1 aliphatic heterocycles. The molecule has 38 heavy (non-hydrogen) atoms. The van der Waals surface area contributed by atoms with Crippen LogP contribution in [0.25, 0.3) is 38.7 Å². The number of phenolic OH excluding ortho intramolecular Hbond substituents is 2. The Labute approximate surface area is 213 Å². The summed E-state index contributed by atoms with van der Waals surface area (Å²) >= 11 is 0. The van der Waals surface area contributed by atoms with Crippen LogP contribution in [0.2, 0.25) is 0 Å². The van der Waals surface area contributed by atoms with E-state index in [9.17, 15) is 34.5 Å². The van der Waals surface area contributed by atoms with E-state index >= 15 is 0 Å². The lowest BCUT2D eigenvalue weighted by atomic mass is 9.89. The summed E-state index contributed by atoms with van der Waals surface area (Å²) in [6, 6.07) is 8.10. The molecule has 0 saturated carbocycles. The number of benzene rings is 3. The molecule has 3 aromatic carbocycles. The summed E-state index contributed by atoms with van der Waals surface area (Å²) in [6.07, 6.45) is 3.73. The highest BCUT2D eigenvalue weighted by atomic mass is 16.5. The number of aromatic hydroxyl groups is 3. The van der Waals surface area contributed by atoms with Crippen LogP contribution in [-0.2, 0) is 0 Å². The van der Waals surface area contributed by atoms with Crippen LogP contribution < -0.4 is 26.5 Å². The van der Waals surface area contributed by atoms with Crippen molar-refractivity contribution in [2.45, 2.75) is 26.4 Å². The molecule has 3 N–H and O–H groups in total. The van der Waals surface area contributed by atoms with Crippen LogP contribution in [0.3, 0.4) is 0 Å². The summed E-state index contributed by atoms with van der Waals surface area (Å²) in [6.45, 7) is 5.40. The molecule has 0 radical (unpaired) electrons. The first-order chi connectivity index (χ1) is 17.9. The van der Waals surface area contributed by atoms with Gasteiger partial charge < -0.3 is 20.1 Å². The second-order valence-corrected chi connectivity index (χ2v) is 10.1. The lowest BCUT2D eigenvalue weighted by molar-refractivity contribution is 0.159. The Balaban J connectivity index is 1.82. The minimum atomic E-state index is -1.23. The second-order valence-electron chi connectivity index (χ2n) is 10.1. The van der Waals surface area contributed by atoms with Gasteiger partial charge in [-0.15, -0.1) is 0 Å². The van der Waals surface area contributed by atoms with Gasteiger partial charge in [0.2, 0.25) is 10.9 Å². The van der Waals surface area contributed by atoms with Crippen LogP contribution in [0.5, 0.6) is 23.0 Å². The van der Waals surface area contributed by atoms with E-state index in [1.165, 1.54) is 6.07 Å². The number of hydrogen-bond acceptors (Lipinski definition) is 8. The van der Waals surface area contributed by atoms with Gasteiger partial charge in [0.15, 0.2) is 10.9 Å². The maximum Gasteiger partial charge on any atom is 0.238 e. The maximum atomic E-state index is 13.3. The fourth-order valence-electron chi connectivity index (χ4n) is 5.25. The molecule has 0 bridgehead atoms. The summed E-state index contributed by atoms with van der Waals surface area (Å²) in [5.41, 5.74) is -4.06. The van der Waals surface area contributed by atoms with Gasteiger partial charge in [0.1, 0.15) is 28.6 Å². The molecule has 188 valence electrons. The second kappa shape index (κ2) is 7.52. The molecule has 0 saturated heterocycles. The number of fused-ring (bicyclic) bond motifs is 3. The fraction of sp³-hybridized carbons (Fsp3) is 0.133. The Morgan fingerprint density at radius 3 is 2.11 bits per heavy atom. The van der Waals surface area contributed by atoms with E-state index in [4.69, 9.17) is 4.74 Å². The molecule has 1 heterocycles. The molecular weight excluding hydrogens is 488 g/mol. The Hall–Kier alpha value is -4.98. The van der Waals surface area contributed by atoms with Gasteiger partial charge in [-0.1, -0.05) is 12.1 Å². The quantitative estimate of drug-likeness (QED) is 0.178. The van der Waals surface area contributed by atoms with Gasteiger partial charge in [-0.2, -0.15) is 0 Å². The standard InChI is InChI=1S/C30H20O8/c1-12-8-16(22-27(35)23-18(31)4-5-19(32)24(23)29(37)28(22)36)21-17(9-12)25(33)14-10-13-6-7-30(2,3)38-20(13)11-15(14)26(21)34/h4-11,33-35H,1-3H3. The Morgan fingerprint density at radius 1 is 0.737 bits per heavy atom. The van der Waals surface area contributed by atoms with Crippen LogP contribution in [0.1, 0.15) is 25.0 Å². The van der Waals surface area contributed by atoms with Crippen molar-refractivity contribution in [3.63, 3.8) is 0 Å². The molecule has 2 aliphatic carbocycles. The Morgan fingerprint density at radius 2 is 1.39 bits per heavy atom. The van der Waals surface area contributed by atoms with E-state index in [-0.39, 0.29) is 33.2 Å². The van der Waals surface area contributed by atoms with Crippen molar-refractivity contribution in [3.05, 3.63) is 105 Å². The molecule has 8 heteroatoms. The van der Waals surface area contributed by atoms with Gasteiger partial charge >= 0.3 is 0 Å². The largest absolute Gasteiger partial charge is 0.507 e. The third-order valence-corrected chi connectivity index (χ3v) is 7.00. The monoisotopic (exact) mass is 508 g/mol. The predicted octanol–water partition coefficient (Wildman–Crippen LogP) is 3.31. The predicted molar refractivity (Wildman–Crippen MR) is 143 cm³/mol. The molecule has 0 amide bonds. The first kappa shape index (κ1) is 23.4. The van der Waals surface area contributed by atoms with Crippen LogP contribution >= 0.6 is 0 Å². The number of phenols is 2. The van der Waals surface area contributed by atoms with Gasteiger partial charge in [0, 0.05) is 32.7 Å². The summed E-state index contributed by atoms with van der Waals surface area (Å²) in [5.74, 6) is -0.890. The van der Waals surface area contributed by atoms with Crippen molar-refractivity contribution in [3.8, 4) is 34.1 Å². The van der Waals surface area contributed by atoms with Crippen LogP contribution in [0.4, 0.5) is 0 Å². The highest BCUT2D eigenvalue weighted by Crippen LogP contribution is 2.49. The average molecular weight is 508 g/mol. The minimum absolute atomic E-state index is 0.0111. The molecule has 0 fully saturated rings. The normalized spacial score (nSPS) is 14.2. The summed E-state index contributed by atoms with van der Waals surface area (Å²) in [7, 11) is 0. The molecule has 3 aliphatic rings. The summed E-state index contributed by atoms with van der Waals surface area (Å²) in [5, 5.41) is 33.4. The van der Waals surface area contributed by atoms with Crippen molar-refractivity contribution < 1.29 is 20.1 Å². The van der Waals surface area contributed by atoms with Gasteiger partial charge in [-0.05, 0) is 62.7 Å². The van der Waals surface area contributed by atoms with Crippen molar-refractivity contribution >= 4 is 27.6 Å². The van der Waals surface area contributed by atoms with E-state index in [0.29, 0.717) is 22.3 Å². The van der Waals surface area contributed by atoms with E-state index in [2.05, 4.69) is 0 Å². The Kier molecular flexibility index (Phi) is 4.63. The maximum absolute atomic E-state index is 13.3. The molecule has 6 rings (SSSR count). The highest BCUT2D eigenvalue weighted by molar-refractivity contribution is 6.16. The van der Waals surface area contributed by atoms with E-state index in [0.717, 1.165) is 12.1 Å². The molecule has 0 atom stereocenters. The average Bonchev–Trinajstić information content (AvgIpc) is 2.85. The van der Waals surface area contributed by atoms with Crippen molar-refractivity contribution in [2.75, 3.05) is 0 Å². The van der Waals surface area contributed by atoms with Crippen LogP contribution in [-0.4, -0.2) is 20.9 Å². The molecule has 0 unspecified atom stereocenters. The number of rotatable bonds is 1. The topological polar surface area (TPSA) is 138 Å². The smallest absolute Gasteiger partial charge is 0.238 e.